The van der Waals surface area contributed by atoms with Gasteiger partial charge < -0.3 is 20.0 Å². The minimum Gasteiger partial charge on any atom is -0.338 e. The van der Waals surface area contributed by atoms with E-state index < -0.39 is 35.8 Å². The Kier molecular flexibility index (Phi) is 6.32. The fraction of sp³-hybridized carbons (Fsp3) is 0.522. The number of likely N-dealkylation sites (N-methyl/N-ethyl adjacent to an activating group) is 2. The summed E-state index contributed by atoms with van der Waals surface area (Å²) >= 11 is 0. The molecule has 0 radical (unpaired) electrons. The molecule has 3 heterocycles. The first-order valence-electron chi connectivity index (χ1n) is 11.3. The molecule has 1 aromatic carbocycles. The van der Waals surface area contributed by atoms with Crippen molar-refractivity contribution in [2.24, 2.45) is 0 Å². The minimum atomic E-state index is -4.66. The van der Waals surface area contributed by atoms with E-state index in [1.807, 2.05) is 7.05 Å². The van der Waals surface area contributed by atoms with E-state index in [1.165, 1.54) is 28.0 Å². The molecule has 1 saturated heterocycles. The second kappa shape index (κ2) is 8.94. The van der Waals surface area contributed by atoms with E-state index in [0.717, 1.165) is 19.2 Å². The van der Waals surface area contributed by atoms with Gasteiger partial charge in [0.05, 0.1) is 29.4 Å². The first kappa shape index (κ1) is 24.1. The van der Waals surface area contributed by atoms with Crippen molar-refractivity contribution in [3.05, 3.63) is 46.7 Å². The van der Waals surface area contributed by atoms with Crippen molar-refractivity contribution >= 4 is 17.8 Å². The molecule has 34 heavy (non-hydrogen) atoms. The molecule has 184 valence electrons. The number of amides is 4. The topological polar surface area (TPSA) is 76.2 Å². The molecule has 8 nitrogen and oxygen atoms in total. The summed E-state index contributed by atoms with van der Waals surface area (Å²) in [7, 11) is 1.97. The van der Waals surface area contributed by atoms with E-state index in [-0.39, 0.29) is 30.1 Å². The molecule has 1 N–H and O–H groups in total. The van der Waals surface area contributed by atoms with E-state index in [2.05, 4.69) is 10.2 Å². The Labute approximate surface area is 195 Å². The summed E-state index contributed by atoms with van der Waals surface area (Å²) in [6, 6.07) is 2.28. The van der Waals surface area contributed by atoms with Gasteiger partial charge in [-0.15, -0.1) is 0 Å². The van der Waals surface area contributed by atoms with Gasteiger partial charge in [-0.3, -0.25) is 14.5 Å². The van der Waals surface area contributed by atoms with Crippen molar-refractivity contribution < 1.29 is 27.6 Å². The maximum atomic E-state index is 13.7. The summed E-state index contributed by atoms with van der Waals surface area (Å²) in [5.74, 6) is -0.749. The third-order valence-electron chi connectivity index (χ3n) is 6.78. The van der Waals surface area contributed by atoms with E-state index in [0.29, 0.717) is 18.8 Å². The number of nitrogens with zero attached hydrogens (tertiary/aromatic N) is 4. The molecule has 0 saturated carbocycles. The number of urea groups is 1. The van der Waals surface area contributed by atoms with Crippen LogP contribution in [0.15, 0.2) is 35.5 Å². The van der Waals surface area contributed by atoms with E-state index in [4.69, 9.17) is 0 Å². The van der Waals surface area contributed by atoms with Crippen LogP contribution in [0, 0.1) is 0 Å². The van der Waals surface area contributed by atoms with Gasteiger partial charge in [-0.05, 0) is 32.5 Å². The van der Waals surface area contributed by atoms with Gasteiger partial charge in [-0.2, -0.15) is 13.2 Å². The third kappa shape index (κ3) is 4.13. The van der Waals surface area contributed by atoms with Crippen LogP contribution in [-0.2, 0) is 15.8 Å². The molecule has 4 rings (SSSR count). The van der Waals surface area contributed by atoms with Crippen molar-refractivity contribution in [3.8, 4) is 0 Å². The Morgan fingerprint density at radius 3 is 2.41 bits per heavy atom. The summed E-state index contributed by atoms with van der Waals surface area (Å²) in [5.41, 5.74) is -0.683. The SMILES string of the molecule is CCN1C(=O)NC(c2ccccc2C(F)(F)F)C2=C1CN(C(C)C(=O)N1CCN(C)CC1)C2=O. The van der Waals surface area contributed by atoms with Crippen molar-refractivity contribution in [2.45, 2.75) is 32.1 Å². The van der Waals surface area contributed by atoms with Crippen LogP contribution >= 0.6 is 0 Å². The monoisotopic (exact) mass is 479 g/mol. The summed E-state index contributed by atoms with van der Waals surface area (Å²) in [6.07, 6.45) is -4.66. The third-order valence-corrected chi connectivity index (χ3v) is 6.78. The Bertz CT molecular complexity index is 1030. The minimum absolute atomic E-state index is 0.0131. The number of alkyl halides is 3. The van der Waals surface area contributed by atoms with Crippen molar-refractivity contribution in [1.82, 2.24) is 24.9 Å². The summed E-state index contributed by atoms with van der Waals surface area (Å²) in [4.78, 5) is 46.0. The molecule has 0 aliphatic carbocycles. The highest BCUT2D eigenvalue weighted by Crippen LogP contribution is 2.41. The maximum Gasteiger partial charge on any atom is 0.416 e. The Morgan fingerprint density at radius 1 is 1.15 bits per heavy atom. The molecule has 3 aliphatic heterocycles. The number of carbonyl (C=O) groups excluding carboxylic acids is 3. The first-order valence-corrected chi connectivity index (χ1v) is 11.3. The lowest BCUT2D eigenvalue weighted by atomic mass is 9.91. The second-order valence-electron chi connectivity index (χ2n) is 8.81. The summed E-state index contributed by atoms with van der Waals surface area (Å²) in [6.45, 7) is 6.09. The molecule has 1 aromatic rings. The maximum absolute atomic E-state index is 13.7. The fourth-order valence-electron chi connectivity index (χ4n) is 4.83. The smallest absolute Gasteiger partial charge is 0.338 e. The molecule has 2 unspecified atom stereocenters. The molecule has 3 aliphatic rings. The van der Waals surface area contributed by atoms with Crippen LogP contribution in [0.5, 0.6) is 0 Å². The number of hydrogen-bond donors (Lipinski definition) is 1. The average Bonchev–Trinajstić information content (AvgIpc) is 3.14. The lowest BCUT2D eigenvalue weighted by molar-refractivity contribution is -0.143. The summed E-state index contributed by atoms with van der Waals surface area (Å²) in [5, 5.41) is 2.59. The van der Waals surface area contributed by atoms with Gasteiger partial charge in [-0.25, -0.2) is 4.79 Å². The number of carbonyl (C=O) groups is 3. The average molecular weight is 480 g/mol. The van der Waals surface area contributed by atoms with Gasteiger partial charge in [0.1, 0.15) is 6.04 Å². The van der Waals surface area contributed by atoms with Crippen LogP contribution in [0.4, 0.5) is 18.0 Å². The number of halogens is 3. The van der Waals surface area contributed by atoms with Crippen LogP contribution in [-0.4, -0.2) is 89.8 Å². The predicted octanol–water partition coefficient (Wildman–Crippen LogP) is 2.05. The number of benzene rings is 1. The van der Waals surface area contributed by atoms with Crippen LogP contribution in [0.25, 0.3) is 0 Å². The number of piperazine rings is 1. The zero-order valence-corrected chi connectivity index (χ0v) is 19.4. The zero-order chi connectivity index (χ0) is 24.8. The molecule has 4 amide bonds. The van der Waals surface area contributed by atoms with E-state index >= 15 is 0 Å². The molecule has 2 atom stereocenters. The normalized spacial score (nSPS) is 22.8. The summed E-state index contributed by atoms with van der Waals surface area (Å²) < 4.78 is 41.2. The van der Waals surface area contributed by atoms with Crippen LogP contribution in [0.3, 0.4) is 0 Å². The molecular weight excluding hydrogens is 451 g/mol. The van der Waals surface area contributed by atoms with E-state index in [9.17, 15) is 27.6 Å². The van der Waals surface area contributed by atoms with Gasteiger partial charge in [0.15, 0.2) is 0 Å². The van der Waals surface area contributed by atoms with Crippen LogP contribution < -0.4 is 5.32 Å². The molecule has 11 heteroatoms. The predicted molar refractivity (Wildman–Crippen MR) is 117 cm³/mol. The van der Waals surface area contributed by atoms with Crippen molar-refractivity contribution in [3.63, 3.8) is 0 Å². The Morgan fingerprint density at radius 2 is 1.79 bits per heavy atom. The van der Waals surface area contributed by atoms with Gasteiger partial charge in [0.2, 0.25) is 5.91 Å². The first-order chi connectivity index (χ1) is 16.0. The Balaban J connectivity index is 1.68. The van der Waals surface area contributed by atoms with Gasteiger partial charge in [0, 0.05) is 32.7 Å². The number of rotatable bonds is 4. The number of hydrogen-bond acceptors (Lipinski definition) is 4. The van der Waals surface area contributed by atoms with Crippen LogP contribution in [0.1, 0.15) is 31.0 Å². The van der Waals surface area contributed by atoms with Crippen LogP contribution in [0.2, 0.25) is 0 Å². The highest BCUT2D eigenvalue weighted by molar-refractivity contribution is 6.03. The molecule has 1 fully saturated rings. The molecule has 0 aromatic heterocycles. The Hall–Kier alpha value is -3.08. The fourth-order valence-corrected chi connectivity index (χ4v) is 4.83. The molecule has 0 spiro atoms. The highest BCUT2D eigenvalue weighted by Gasteiger charge is 2.48. The van der Waals surface area contributed by atoms with Gasteiger partial charge in [-0.1, -0.05) is 18.2 Å². The molecule has 0 bridgehead atoms. The standard InChI is InChI=1S/C23H28F3N5O3/c1-4-30-17-13-31(14(2)20(32)29-11-9-28(3)10-12-29)21(33)18(17)19(27-22(30)34)15-7-5-6-8-16(15)23(24,25)26/h5-8,14,19H,4,9-13H2,1-3H3,(H,27,34). The van der Waals surface area contributed by atoms with E-state index in [1.54, 1.807) is 18.7 Å². The second-order valence-corrected chi connectivity index (χ2v) is 8.81. The van der Waals surface area contributed by atoms with Crippen molar-refractivity contribution in [1.29, 1.82) is 0 Å². The lowest BCUT2D eigenvalue weighted by Gasteiger charge is -2.36. The lowest BCUT2D eigenvalue weighted by Crippen LogP contribution is -2.54. The highest BCUT2D eigenvalue weighted by atomic mass is 19.4. The van der Waals surface area contributed by atoms with Gasteiger partial charge >= 0.3 is 12.2 Å². The molecular formula is C23H28F3N5O3. The zero-order valence-electron chi connectivity index (χ0n) is 19.4. The quantitative estimate of drug-likeness (QED) is 0.718. The van der Waals surface area contributed by atoms with Gasteiger partial charge in [0.25, 0.3) is 5.91 Å². The van der Waals surface area contributed by atoms with Crippen molar-refractivity contribution in [2.75, 3.05) is 46.3 Å². The largest absolute Gasteiger partial charge is 0.416 e. The number of nitrogens with one attached hydrogen (secondary N) is 1.